The highest BCUT2D eigenvalue weighted by Gasteiger charge is 2.30. The number of thioether (sulfide) groups is 1. The Labute approximate surface area is 179 Å². The van der Waals surface area contributed by atoms with E-state index in [1.165, 1.54) is 28.8 Å². The molecule has 2 aromatic carbocycles. The van der Waals surface area contributed by atoms with Gasteiger partial charge in [-0.2, -0.15) is 0 Å². The Morgan fingerprint density at radius 2 is 1.87 bits per heavy atom. The lowest BCUT2D eigenvalue weighted by Gasteiger charge is -2.11. The monoisotopic (exact) mass is 425 g/mol. The maximum atomic E-state index is 12.7. The normalized spacial score (nSPS) is 16.4. The van der Waals surface area contributed by atoms with Gasteiger partial charge in [-0.1, -0.05) is 18.2 Å². The minimum absolute atomic E-state index is 0.0300. The number of hydrogen-bond donors (Lipinski definition) is 0. The first-order chi connectivity index (χ1) is 14.4. The second-order valence-corrected chi connectivity index (χ2v) is 7.29. The SMILES string of the molecule is CCOc1ccc(/C=C2\SC(=Nc3cccc(C(=O)[O-])c3)N(C)C2=O)cc1OCC. The van der Waals surface area contributed by atoms with Gasteiger partial charge >= 0.3 is 0 Å². The van der Waals surface area contributed by atoms with Crippen LogP contribution in [0.3, 0.4) is 0 Å². The maximum Gasteiger partial charge on any atom is 0.266 e. The summed E-state index contributed by atoms with van der Waals surface area (Å²) in [7, 11) is 1.63. The summed E-state index contributed by atoms with van der Waals surface area (Å²) in [6, 6.07) is 11.6. The number of carboxylic acids is 1. The van der Waals surface area contributed by atoms with Crippen LogP contribution in [0.15, 0.2) is 52.4 Å². The van der Waals surface area contributed by atoms with Crippen LogP contribution >= 0.6 is 11.8 Å². The lowest BCUT2D eigenvalue weighted by Crippen LogP contribution is -2.23. The quantitative estimate of drug-likeness (QED) is 0.633. The van der Waals surface area contributed by atoms with E-state index in [2.05, 4.69) is 4.99 Å². The van der Waals surface area contributed by atoms with Crippen LogP contribution in [0, 0.1) is 0 Å². The molecule has 1 fully saturated rings. The minimum atomic E-state index is -1.28. The molecular weight excluding hydrogens is 404 g/mol. The summed E-state index contributed by atoms with van der Waals surface area (Å²) in [5, 5.41) is 11.5. The van der Waals surface area contributed by atoms with Crippen LogP contribution < -0.4 is 14.6 Å². The highest BCUT2D eigenvalue weighted by Crippen LogP contribution is 2.35. The predicted molar refractivity (Wildman–Crippen MR) is 115 cm³/mol. The van der Waals surface area contributed by atoms with E-state index >= 15 is 0 Å². The molecule has 0 aliphatic carbocycles. The standard InChI is InChI=1S/C22H22N2O5S/c1-4-28-17-10-9-14(11-18(17)29-5-2)12-19-20(25)24(3)22(30-19)23-16-8-6-7-15(13-16)21(26)27/h6-13H,4-5H2,1-3H3,(H,26,27)/p-1/b19-12-,23-22?. The number of amidine groups is 1. The fourth-order valence-corrected chi connectivity index (χ4v) is 3.76. The molecule has 1 saturated heterocycles. The van der Waals surface area contributed by atoms with E-state index in [0.717, 1.165) is 5.56 Å². The number of ether oxygens (including phenoxy) is 2. The molecule has 0 radical (unpaired) electrons. The van der Waals surface area contributed by atoms with Crippen molar-refractivity contribution in [2.45, 2.75) is 13.8 Å². The summed E-state index contributed by atoms with van der Waals surface area (Å²) in [5.41, 5.74) is 1.26. The molecule has 0 aromatic heterocycles. The summed E-state index contributed by atoms with van der Waals surface area (Å²) in [4.78, 5) is 30.1. The fourth-order valence-electron chi connectivity index (χ4n) is 2.77. The van der Waals surface area contributed by atoms with Gasteiger partial charge in [0.15, 0.2) is 16.7 Å². The number of aliphatic imine (C=N–C) groups is 1. The molecule has 0 bridgehead atoms. The Hall–Kier alpha value is -3.26. The Balaban J connectivity index is 1.88. The zero-order valence-corrected chi connectivity index (χ0v) is 17.7. The molecule has 0 spiro atoms. The number of carboxylic acid groups (broad SMARTS) is 1. The van der Waals surface area contributed by atoms with Crippen LogP contribution in [0.4, 0.5) is 5.69 Å². The average molecular weight is 425 g/mol. The van der Waals surface area contributed by atoms with Gasteiger partial charge in [0.1, 0.15) is 0 Å². The molecule has 30 heavy (non-hydrogen) atoms. The first-order valence-electron chi connectivity index (χ1n) is 9.40. The van der Waals surface area contributed by atoms with Crippen molar-refractivity contribution in [3.8, 4) is 11.5 Å². The number of carbonyl (C=O) groups excluding carboxylic acids is 2. The Bertz CT molecular complexity index is 1030. The summed E-state index contributed by atoms with van der Waals surface area (Å²) in [6.45, 7) is 4.82. The molecule has 3 rings (SSSR count). The van der Waals surface area contributed by atoms with Gasteiger partial charge in [-0.15, -0.1) is 0 Å². The van der Waals surface area contributed by atoms with Crippen molar-refractivity contribution < 1.29 is 24.2 Å². The third-order valence-corrected chi connectivity index (χ3v) is 5.24. The molecule has 156 valence electrons. The van der Waals surface area contributed by atoms with Crippen LogP contribution in [0.1, 0.15) is 29.8 Å². The molecule has 1 aliphatic heterocycles. The Morgan fingerprint density at radius 1 is 1.13 bits per heavy atom. The van der Waals surface area contributed by atoms with E-state index in [4.69, 9.17) is 9.47 Å². The van der Waals surface area contributed by atoms with Gasteiger partial charge in [0.05, 0.1) is 29.8 Å². The lowest BCUT2D eigenvalue weighted by atomic mass is 10.2. The third kappa shape index (κ3) is 4.83. The summed E-state index contributed by atoms with van der Waals surface area (Å²) < 4.78 is 11.2. The minimum Gasteiger partial charge on any atom is -0.545 e. The van der Waals surface area contributed by atoms with Gasteiger partial charge < -0.3 is 19.4 Å². The third-order valence-electron chi connectivity index (χ3n) is 4.18. The smallest absolute Gasteiger partial charge is 0.266 e. The van der Waals surface area contributed by atoms with E-state index in [-0.39, 0.29) is 11.5 Å². The predicted octanol–water partition coefficient (Wildman–Crippen LogP) is 3.08. The van der Waals surface area contributed by atoms with Crippen LogP contribution in [-0.4, -0.2) is 42.2 Å². The van der Waals surface area contributed by atoms with Gasteiger partial charge in [0.2, 0.25) is 0 Å². The highest BCUT2D eigenvalue weighted by molar-refractivity contribution is 8.18. The zero-order chi connectivity index (χ0) is 21.7. The van der Waals surface area contributed by atoms with E-state index in [1.807, 2.05) is 32.0 Å². The first kappa shape index (κ1) is 21.4. The van der Waals surface area contributed by atoms with Crippen LogP contribution in [0.25, 0.3) is 6.08 Å². The Kier molecular flexibility index (Phi) is 6.79. The number of likely N-dealkylation sites (N-methyl/N-ethyl adjacent to an activating group) is 1. The van der Waals surface area contributed by atoms with Crippen molar-refractivity contribution >= 4 is 40.6 Å². The van der Waals surface area contributed by atoms with Crippen molar-refractivity contribution in [3.63, 3.8) is 0 Å². The number of aromatic carboxylic acids is 1. The lowest BCUT2D eigenvalue weighted by molar-refractivity contribution is -0.255. The van der Waals surface area contributed by atoms with E-state index in [9.17, 15) is 14.7 Å². The summed E-state index contributed by atoms with van der Waals surface area (Å²) in [6.07, 6.45) is 1.77. The Morgan fingerprint density at radius 3 is 2.57 bits per heavy atom. The second-order valence-electron chi connectivity index (χ2n) is 6.28. The summed E-state index contributed by atoms with van der Waals surface area (Å²) >= 11 is 1.22. The molecule has 8 heteroatoms. The van der Waals surface area contributed by atoms with Crippen molar-refractivity contribution in [1.82, 2.24) is 4.90 Å². The van der Waals surface area contributed by atoms with Gasteiger partial charge in [0.25, 0.3) is 5.91 Å². The van der Waals surface area contributed by atoms with Crippen LogP contribution in [-0.2, 0) is 4.79 Å². The van der Waals surface area contributed by atoms with Gasteiger partial charge in [-0.05, 0) is 67.1 Å². The highest BCUT2D eigenvalue weighted by atomic mass is 32.2. The topological polar surface area (TPSA) is 91.3 Å². The first-order valence-corrected chi connectivity index (χ1v) is 10.2. The maximum absolute atomic E-state index is 12.7. The number of rotatable bonds is 7. The molecule has 1 aliphatic rings. The molecule has 7 nitrogen and oxygen atoms in total. The van der Waals surface area contributed by atoms with E-state index in [1.54, 1.807) is 25.3 Å². The van der Waals surface area contributed by atoms with Crippen molar-refractivity contribution in [2.24, 2.45) is 4.99 Å². The van der Waals surface area contributed by atoms with E-state index in [0.29, 0.717) is 40.5 Å². The summed E-state index contributed by atoms with van der Waals surface area (Å²) in [5.74, 6) is -0.201. The fraction of sp³-hybridized carbons (Fsp3) is 0.227. The van der Waals surface area contributed by atoms with Crippen molar-refractivity contribution in [1.29, 1.82) is 0 Å². The molecule has 2 aromatic rings. The number of amides is 1. The van der Waals surface area contributed by atoms with Gasteiger partial charge in [-0.3, -0.25) is 9.69 Å². The van der Waals surface area contributed by atoms with Crippen molar-refractivity contribution in [2.75, 3.05) is 20.3 Å². The molecule has 0 saturated carbocycles. The molecule has 1 amide bonds. The van der Waals surface area contributed by atoms with Crippen LogP contribution in [0.2, 0.25) is 0 Å². The number of nitrogens with zero attached hydrogens (tertiary/aromatic N) is 2. The van der Waals surface area contributed by atoms with Crippen molar-refractivity contribution in [3.05, 3.63) is 58.5 Å². The second kappa shape index (κ2) is 9.49. The largest absolute Gasteiger partial charge is 0.545 e. The number of carbonyl (C=O) groups is 2. The van der Waals surface area contributed by atoms with Gasteiger partial charge in [0, 0.05) is 7.05 Å². The number of benzene rings is 2. The molecule has 0 atom stereocenters. The zero-order valence-electron chi connectivity index (χ0n) is 16.9. The number of hydrogen-bond acceptors (Lipinski definition) is 7. The van der Waals surface area contributed by atoms with Gasteiger partial charge in [-0.25, -0.2) is 4.99 Å². The average Bonchev–Trinajstić information content (AvgIpc) is 2.98. The molecule has 0 unspecified atom stereocenters. The van der Waals surface area contributed by atoms with E-state index < -0.39 is 5.97 Å². The molecular formula is C22H21N2O5S-. The molecule has 0 N–H and O–H groups in total. The molecule has 1 heterocycles. The van der Waals surface area contributed by atoms with Crippen LogP contribution in [0.5, 0.6) is 11.5 Å².